The number of hydrogen-bond donors (Lipinski definition) is 1. The number of ketones is 1. The molecule has 1 N–H and O–H groups in total. The quantitative estimate of drug-likeness (QED) is 0.764. The standard InChI is InChI=1S/C8H10O.C7H9NO/c1-6-3-4-7(2)8(9)5-6;1-5-3-4-6(2)8-7(5)9/h3-4H,5H2,1-2H3;3-4H,1-2H3,(H,8,9). The van der Waals surface area contributed by atoms with Crippen molar-refractivity contribution in [1.82, 2.24) is 4.98 Å². The summed E-state index contributed by atoms with van der Waals surface area (Å²) in [5.41, 5.74) is 3.72. The molecule has 96 valence electrons. The van der Waals surface area contributed by atoms with E-state index in [0.717, 1.165) is 22.4 Å². The van der Waals surface area contributed by atoms with Gasteiger partial charge in [0.15, 0.2) is 5.78 Å². The molecule has 0 spiro atoms. The lowest BCUT2D eigenvalue weighted by Gasteiger charge is -2.04. The zero-order valence-corrected chi connectivity index (χ0v) is 11.3. The van der Waals surface area contributed by atoms with Crippen LogP contribution in [0.1, 0.15) is 31.5 Å². The minimum atomic E-state index is 0.00926. The Kier molecular flexibility index (Phi) is 4.84. The predicted octanol–water partition coefficient (Wildman–Crippen LogP) is 2.84. The Hall–Kier alpha value is -1.90. The molecule has 0 fully saturated rings. The molecule has 1 aliphatic carbocycles. The smallest absolute Gasteiger partial charge is 0.251 e. The lowest BCUT2D eigenvalue weighted by molar-refractivity contribution is -0.115. The van der Waals surface area contributed by atoms with Gasteiger partial charge >= 0.3 is 0 Å². The van der Waals surface area contributed by atoms with E-state index in [1.54, 1.807) is 6.92 Å². The molecule has 3 nitrogen and oxygen atoms in total. The van der Waals surface area contributed by atoms with Crippen LogP contribution in [0.2, 0.25) is 0 Å². The van der Waals surface area contributed by atoms with Crippen LogP contribution in [-0.2, 0) is 4.79 Å². The number of allylic oxidation sites excluding steroid dienone is 4. The molecule has 0 saturated heterocycles. The molecule has 0 aliphatic heterocycles. The van der Waals surface area contributed by atoms with E-state index in [4.69, 9.17) is 0 Å². The number of aromatic amines is 1. The Morgan fingerprint density at radius 3 is 2.11 bits per heavy atom. The number of pyridine rings is 1. The van der Waals surface area contributed by atoms with Gasteiger partial charge in [0.25, 0.3) is 5.56 Å². The fourth-order valence-corrected chi connectivity index (χ4v) is 1.46. The number of aromatic nitrogens is 1. The molecule has 1 aliphatic rings. The monoisotopic (exact) mass is 245 g/mol. The molecule has 0 atom stereocenters. The second-order valence-electron chi connectivity index (χ2n) is 4.62. The van der Waals surface area contributed by atoms with Crippen LogP contribution >= 0.6 is 0 Å². The van der Waals surface area contributed by atoms with Gasteiger partial charge in [-0.2, -0.15) is 0 Å². The van der Waals surface area contributed by atoms with Gasteiger partial charge in [-0.25, -0.2) is 0 Å². The molecule has 0 bridgehead atoms. The van der Waals surface area contributed by atoms with E-state index in [9.17, 15) is 9.59 Å². The third-order valence-corrected chi connectivity index (χ3v) is 2.75. The minimum Gasteiger partial charge on any atom is -0.326 e. The fraction of sp³-hybridized carbons (Fsp3) is 0.333. The molecule has 3 heteroatoms. The average Bonchev–Trinajstić information content (AvgIpc) is 2.30. The molecule has 0 saturated carbocycles. The van der Waals surface area contributed by atoms with Crippen molar-refractivity contribution < 1.29 is 4.79 Å². The highest BCUT2D eigenvalue weighted by Gasteiger charge is 2.07. The molecular weight excluding hydrogens is 226 g/mol. The van der Waals surface area contributed by atoms with E-state index < -0.39 is 0 Å². The Morgan fingerprint density at radius 1 is 1.00 bits per heavy atom. The summed E-state index contributed by atoms with van der Waals surface area (Å²) >= 11 is 0. The third-order valence-electron chi connectivity index (χ3n) is 2.75. The van der Waals surface area contributed by atoms with Gasteiger partial charge in [-0.3, -0.25) is 9.59 Å². The second-order valence-corrected chi connectivity index (χ2v) is 4.62. The van der Waals surface area contributed by atoms with Crippen molar-refractivity contribution in [3.63, 3.8) is 0 Å². The molecule has 1 aromatic rings. The van der Waals surface area contributed by atoms with E-state index in [1.807, 2.05) is 45.1 Å². The molecule has 0 amide bonds. The SMILES string of the molecule is CC1=CC=C(C)C(=O)C1.Cc1ccc(C)c(=O)[nH]1. The fourth-order valence-electron chi connectivity index (χ4n) is 1.46. The second kappa shape index (κ2) is 6.15. The summed E-state index contributed by atoms with van der Waals surface area (Å²) in [5.74, 6) is 0.259. The lowest BCUT2D eigenvalue weighted by atomic mass is 10.00. The summed E-state index contributed by atoms with van der Waals surface area (Å²) in [6.45, 7) is 7.48. The van der Waals surface area contributed by atoms with Gasteiger partial charge in [0, 0.05) is 17.7 Å². The van der Waals surface area contributed by atoms with Crippen molar-refractivity contribution in [3.05, 3.63) is 57.0 Å². The highest BCUT2D eigenvalue weighted by atomic mass is 16.1. The maximum absolute atomic E-state index is 10.9. The number of Topliss-reactive ketones (excluding diaryl/α,β-unsaturated/α-hetero) is 1. The molecule has 1 heterocycles. The first kappa shape index (κ1) is 14.2. The average molecular weight is 245 g/mol. The molecule has 1 aromatic heterocycles. The van der Waals surface area contributed by atoms with Crippen molar-refractivity contribution >= 4 is 5.78 Å². The Balaban J connectivity index is 0.000000180. The van der Waals surface area contributed by atoms with Crippen LogP contribution in [0.15, 0.2) is 40.2 Å². The normalized spacial score (nSPS) is 14.3. The summed E-state index contributed by atoms with van der Waals surface area (Å²) < 4.78 is 0. The van der Waals surface area contributed by atoms with Gasteiger partial charge in [0.1, 0.15) is 0 Å². The van der Waals surface area contributed by atoms with Gasteiger partial charge in [-0.1, -0.05) is 23.8 Å². The van der Waals surface area contributed by atoms with Crippen molar-refractivity contribution in [2.45, 2.75) is 34.1 Å². The summed E-state index contributed by atoms with van der Waals surface area (Å²) in [7, 11) is 0. The first-order chi connectivity index (χ1) is 8.40. The summed E-state index contributed by atoms with van der Waals surface area (Å²) in [4.78, 5) is 24.4. The van der Waals surface area contributed by atoms with Gasteiger partial charge in [0.05, 0.1) is 0 Å². The Bertz CT molecular complexity index is 562. The van der Waals surface area contributed by atoms with E-state index >= 15 is 0 Å². The molecule has 2 rings (SSSR count). The number of H-pyrrole nitrogens is 1. The van der Waals surface area contributed by atoms with Crippen LogP contribution in [0.25, 0.3) is 0 Å². The summed E-state index contributed by atoms with van der Waals surface area (Å²) in [6, 6.07) is 3.70. The van der Waals surface area contributed by atoms with Gasteiger partial charge in [0.2, 0.25) is 0 Å². The molecule has 0 radical (unpaired) electrons. The van der Waals surface area contributed by atoms with Crippen molar-refractivity contribution in [3.8, 4) is 0 Å². The van der Waals surface area contributed by atoms with Crippen LogP contribution < -0.4 is 5.56 Å². The van der Waals surface area contributed by atoms with E-state index in [0.29, 0.717) is 6.42 Å². The highest BCUT2D eigenvalue weighted by Crippen LogP contribution is 2.12. The van der Waals surface area contributed by atoms with Crippen LogP contribution in [0.5, 0.6) is 0 Å². The highest BCUT2D eigenvalue weighted by molar-refractivity contribution is 5.97. The maximum Gasteiger partial charge on any atom is 0.251 e. The number of rotatable bonds is 0. The Labute approximate surface area is 107 Å². The van der Waals surface area contributed by atoms with Crippen LogP contribution in [-0.4, -0.2) is 10.8 Å². The van der Waals surface area contributed by atoms with Crippen molar-refractivity contribution in [1.29, 1.82) is 0 Å². The molecule has 0 unspecified atom stereocenters. The van der Waals surface area contributed by atoms with E-state index in [2.05, 4.69) is 4.98 Å². The third kappa shape index (κ3) is 4.17. The number of carbonyl (C=O) groups excluding carboxylic acids is 1. The topological polar surface area (TPSA) is 49.9 Å². The zero-order chi connectivity index (χ0) is 13.7. The van der Waals surface area contributed by atoms with Gasteiger partial charge in [-0.15, -0.1) is 0 Å². The van der Waals surface area contributed by atoms with E-state index in [1.165, 1.54) is 0 Å². The predicted molar refractivity (Wildman–Crippen MR) is 73.7 cm³/mol. The zero-order valence-electron chi connectivity index (χ0n) is 11.3. The van der Waals surface area contributed by atoms with Crippen molar-refractivity contribution in [2.75, 3.05) is 0 Å². The van der Waals surface area contributed by atoms with Crippen LogP contribution in [0.3, 0.4) is 0 Å². The lowest BCUT2D eigenvalue weighted by Crippen LogP contribution is -2.08. The van der Waals surface area contributed by atoms with Gasteiger partial charge in [-0.05, 0) is 39.3 Å². The Morgan fingerprint density at radius 2 is 1.67 bits per heavy atom. The molecular formula is C15H19NO2. The first-order valence-electron chi connectivity index (χ1n) is 5.94. The van der Waals surface area contributed by atoms with Crippen LogP contribution in [0.4, 0.5) is 0 Å². The van der Waals surface area contributed by atoms with Crippen molar-refractivity contribution in [2.24, 2.45) is 0 Å². The number of hydrogen-bond acceptors (Lipinski definition) is 2. The molecule has 18 heavy (non-hydrogen) atoms. The summed E-state index contributed by atoms with van der Waals surface area (Å²) in [5, 5.41) is 0. The van der Waals surface area contributed by atoms with Crippen LogP contribution in [0, 0.1) is 13.8 Å². The largest absolute Gasteiger partial charge is 0.326 e. The number of carbonyl (C=O) groups is 1. The van der Waals surface area contributed by atoms with Gasteiger partial charge < -0.3 is 4.98 Å². The van der Waals surface area contributed by atoms with E-state index in [-0.39, 0.29) is 11.3 Å². The number of nitrogens with one attached hydrogen (secondary N) is 1. The number of aryl methyl sites for hydroxylation is 2. The first-order valence-corrected chi connectivity index (χ1v) is 5.94. The minimum absolute atomic E-state index is 0.00926. The maximum atomic E-state index is 10.9. The summed E-state index contributed by atoms with van der Waals surface area (Å²) in [6.07, 6.45) is 4.49. The molecule has 0 aromatic carbocycles.